The van der Waals surface area contributed by atoms with Gasteiger partial charge in [0.1, 0.15) is 9.92 Å². The monoisotopic (exact) mass is 341 g/mol. The molecule has 0 spiro atoms. The third kappa shape index (κ3) is 6.47. The van der Waals surface area contributed by atoms with E-state index in [-0.39, 0.29) is 12.3 Å². The van der Waals surface area contributed by atoms with Gasteiger partial charge in [0, 0.05) is 38.2 Å². The summed E-state index contributed by atoms with van der Waals surface area (Å²) in [5.74, 6) is -0.716. The van der Waals surface area contributed by atoms with Gasteiger partial charge in [-0.05, 0) is 31.2 Å². The molecule has 1 atom stereocenters. The van der Waals surface area contributed by atoms with Crippen molar-refractivity contribution in [3.63, 3.8) is 0 Å². The lowest BCUT2D eigenvalue weighted by Crippen LogP contribution is -2.21. The van der Waals surface area contributed by atoms with E-state index in [0.29, 0.717) is 24.5 Å². The number of nitrogens with one attached hydrogen (secondary N) is 1. The summed E-state index contributed by atoms with van der Waals surface area (Å²) in [4.78, 5) is 23.6. The number of rotatable bonds is 7. The molecule has 0 fully saturated rings. The zero-order valence-corrected chi connectivity index (χ0v) is 14.7. The lowest BCUT2D eigenvalue weighted by molar-refractivity contribution is -0.117. The zero-order valence-electron chi connectivity index (χ0n) is 13.9. The van der Waals surface area contributed by atoms with Crippen LogP contribution in [0.5, 0.6) is 0 Å². The van der Waals surface area contributed by atoms with Gasteiger partial charge in [-0.15, -0.1) is 4.36 Å². The molecule has 23 heavy (non-hydrogen) atoms. The third-order valence-electron chi connectivity index (χ3n) is 3.02. The van der Waals surface area contributed by atoms with Crippen LogP contribution in [0.2, 0.25) is 0 Å². The summed E-state index contributed by atoms with van der Waals surface area (Å²) in [6.07, 6.45) is 1.67. The van der Waals surface area contributed by atoms with Crippen molar-refractivity contribution >= 4 is 27.4 Å². The summed E-state index contributed by atoms with van der Waals surface area (Å²) in [7, 11) is 0.482. The van der Waals surface area contributed by atoms with Crippen LogP contribution in [0.15, 0.2) is 28.6 Å². The van der Waals surface area contributed by atoms with Gasteiger partial charge >= 0.3 is 0 Å². The van der Waals surface area contributed by atoms with E-state index in [1.165, 1.54) is 22.7 Å². The summed E-state index contributed by atoms with van der Waals surface area (Å²) < 4.78 is 22.3. The number of hydrogen-bond donors (Lipinski definition) is 1. The first-order valence-electron chi connectivity index (χ1n) is 7.18. The molecule has 0 aliphatic carbocycles. The molecule has 0 heterocycles. The molecule has 0 aromatic heterocycles. The molecule has 0 bridgehead atoms. The normalized spacial score (nSPS) is 13.4. The van der Waals surface area contributed by atoms with Gasteiger partial charge in [-0.2, -0.15) is 0 Å². The molecule has 0 saturated carbocycles. The first kappa shape index (κ1) is 19.3. The molecule has 1 aromatic rings. The van der Waals surface area contributed by atoms with E-state index >= 15 is 0 Å². The minimum Gasteiger partial charge on any atom is -0.381 e. The molecule has 7 nitrogen and oxygen atoms in total. The number of amides is 2. The Morgan fingerprint density at radius 2 is 1.87 bits per heavy atom. The Morgan fingerprint density at radius 3 is 2.39 bits per heavy atom. The molecular formula is C15H23N3O4S. The Labute approximate surface area is 137 Å². The van der Waals surface area contributed by atoms with Crippen molar-refractivity contribution in [3.8, 4) is 0 Å². The predicted molar refractivity (Wildman–Crippen MR) is 90.7 cm³/mol. The average molecular weight is 341 g/mol. The van der Waals surface area contributed by atoms with Gasteiger partial charge in [0.2, 0.25) is 5.91 Å². The first-order valence-corrected chi connectivity index (χ1v) is 9.06. The Hall–Kier alpha value is -1.77. The van der Waals surface area contributed by atoms with Crippen LogP contribution >= 0.6 is 0 Å². The van der Waals surface area contributed by atoms with Crippen LogP contribution in [-0.4, -0.2) is 53.9 Å². The SMILES string of the molecule is CCOCCC(=O)Nc1ccc(C(=O)N=S(C)(=O)N(C)C)cc1. The van der Waals surface area contributed by atoms with Gasteiger partial charge < -0.3 is 10.1 Å². The molecule has 2 amide bonds. The molecule has 1 aromatic carbocycles. The number of benzene rings is 1. The predicted octanol–water partition coefficient (Wildman–Crippen LogP) is 1.77. The standard InChI is InChI=1S/C15H23N3O4S/c1-5-22-11-10-14(19)16-13-8-6-12(7-9-13)15(20)17-23(4,21)18(2)3/h6-9H,5,10-11H2,1-4H3,(H,16,19). The highest BCUT2D eigenvalue weighted by Crippen LogP contribution is 2.12. The Balaban J connectivity index is 2.72. The van der Waals surface area contributed by atoms with Crippen molar-refractivity contribution in [3.05, 3.63) is 29.8 Å². The largest absolute Gasteiger partial charge is 0.381 e. The highest BCUT2D eigenvalue weighted by Gasteiger charge is 2.11. The second kappa shape index (κ2) is 8.76. The van der Waals surface area contributed by atoms with E-state index in [1.807, 2.05) is 6.92 Å². The highest BCUT2D eigenvalue weighted by atomic mass is 32.2. The Morgan fingerprint density at radius 1 is 1.26 bits per heavy atom. The van der Waals surface area contributed by atoms with Gasteiger partial charge in [0.15, 0.2) is 0 Å². The maximum absolute atomic E-state index is 12.1. The lowest BCUT2D eigenvalue weighted by Gasteiger charge is -2.11. The number of carbonyl (C=O) groups is 2. The first-order chi connectivity index (χ1) is 10.8. The van der Waals surface area contributed by atoms with Crippen LogP contribution in [0.3, 0.4) is 0 Å². The van der Waals surface area contributed by atoms with E-state index in [2.05, 4.69) is 9.68 Å². The number of ether oxygens (including phenoxy) is 1. The van der Waals surface area contributed by atoms with Crippen LogP contribution in [0, 0.1) is 0 Å². The average Bonchev–Trinajstić information content (AvgIpc) is 2.47. The summed E-state index contributed by atoms with van der Waals surface area (Å²) >= 11 is 0. The summed E-state index contributed by atoms with van der Waals surface area (Å²) in [5.41, 5.74) is 0.890. The van der Waals surface area contributed by atoms with Crippen LogP contribution in [0.4, 0.5) is 5.69 Å². The molecule has 8 heteroatoms. The van der Waals surface area contributed by atoms with E-state index in [1.54, 1.807) is 26.2 Å². The van der Waals surface area contributed by atoms with Crippen LogP contribution < -0.4 is 5.32 Å². The molecular weight excluding hydrogens is 318 g/mol. The highest BCUT2D eigenvalue weighted by molar-refractivity contribution is 7.90. The molecule has 1 rings (SSSR count). The fourth-order valence-corrected chi connectivity index (χ4v) is 2.09. The number of carbonyl (C=O) groups excluding carboxylic acids is 2. The zero-order chi connectivity index (χ0) is 17.5. The summed E-state index contributed by atoms with van der Waals surface area (Å²) in [6, 6.07) is 6.28. The van der Waals surface area contributed by atoms with E-state index in [0.717, 1.165) is 0 Å². The van der Waals surface area contributed by atoms with Gasteiger partial charge in [-0.25, -0.2) is 8.51 Å². The van der Waals surface area contributed by atoms with Crippen molar-refractivity contribution in [2.24, 2.45) is 4.36 Å². The van der Waals surface area contributed by atoms with E-state index in [4.69, 9.17) is 4.74 Å². The van der Waals surface area contributed by atoms with Crippen molar-refractivity contribution < 1.29 is 18.5 Å². The molecule has 0 aliphatic rings. The van der Waals surface area contributed by atoms with Gasteiger partial charge in [-0.3, -0.25) is 9.59 Å². The van der Waals surface area contributed by atoms with E-state index in [9.17, 15) is 13.8 Å². The maximum Gasteiger partial charge on any atom is 0.286 e. The lowest BCUT2D eigenvalue weighted by atomic mass is 10.2. The van der Waals surface area contributed by atoms with Crippen LogP contribution in [-0.2, 0) is 19.4 Å². The van der Waals surface area contributed by atoms with Gasteiger partial charge in [-0.1, -0.05) is 0 Å². The van der Waals surface area contributed by atoms with E-state index < -0.39 is 15.8 Å². The quantitative estimate of drug-likeness (QED) is 0.766. The molecule has 128 valence electrons. The fraction of sp³-hybridized carbons (Fsp3) is 0.467. The summed E-state index contributed by atoms with van der Waals surface area (Å²) in [5, 5.41) is 2.71. The van der Waals surface area contributed by atoms with Gasteiger partial charge in [0.05, 0.1) is 13.0 Å². The fourth-order valence-electron chi connectivity index (χ4n) is 1.52. The number of anilines is 1. The van der Waals surface area contributed by atoms with Crippen LogP contribution in [0.25, 0.3) is 0 Å². The molecule has 0 aliphatic heterocycles. The molecule has 1 N–H and O–H groups in total. The number of hydrogen-bond acceptors (Lipinski definition) is 4. The van der Waals surface area contributed by atoms with Crippen molar-refractivity contribution in [1.82, 2.24) is 4.31 Å². The second-order valence-electron chi connectivity index (χ2n) is 5.04. The Bertz CT molecular complexity index is 662. The Kier molecular flexibility index (Phi) is 7.34. The molecule has 0 radical (unpaired) electrons. The topological polar surface area (TPSA) is 88.1 Å². The van der Waals surface area contributed by atoms with Crippen LogP contribution in [0.1, 0.15) is 23.7 Å². The minimum absolute atomic E-state index is 0.161. The van der Waals surface area contributed by atoms with Crippen molar-refractivity contribution in [1.29, 1.82) is 0 Å². The van der Waals surface area contributed by atoms with Gasteiger partial charge in [0.25, 0.3) is 5.91 Å². The minimum atomic E-state index is -2.71. The number of nitrogens with zero attached hydrogens (tertiary/aromatic N) is 2. The second-order valence-corrected chi connectivity index (χ2v) is 7.48. The smallest absolute Gasteiger partial charge is 0.286 e. The molecule has 1 unspecified atom stereocenters. The van der Waals surface area contributed by atoms with Crippen molar-refractivity contribution in [2.45, 2.75) is 13.3 Å². The maximum atomic E-state index is 12.1. The van der Waals surface area contributed by atoms with Crippen molar-refractivity contribution in [2.75, 3.05) is 38.9 Å². The molecule has 0 saturated heterocycles. The summed E-state index contributed by atoms with van der Waals surface area (Å²) in [6.45, 7) is 2.80. The third-order valence-corrected chi connectivity index (χ3v) is 4.88.